The van der Waals surface area contributed by atoms with Crippen molar-refractivity contribution in [2.24, 2.45) is 5.10 Å². The summed E-state index contributed by atoms with van der Waals surface area (Å²) in [4.78, 5) is 12.3. The van der Waals surface area contributed by atoms with Crippen molar-refractivity contribution in [3.63, 3.8) is 0 Å². The predicted molar refractivity (Wildman–Crippen MR) is 109 cm³/mol. The molecule has 0 atom stereocenters. The van der Waals surface area contributed by atoms with E-state index in [1.54, 1.807) is 44.2 Å². The minimum absolute atomic E-state index is 0.137. The predicted octanol–water partition coefficient (Wildman–Crippen LogP) is 5.63. The number of nitrogens with one attached hydrogen (secondary N) is 1. The third-order valence-electron chi connectivity index (χ3n) is 4.34. The van der Waals surface area contributed by atoms with Gasteiger partial charge in [-0.1, -0.05) is 35.5 Å². The number of anilines is 1. The number of hydrogen-bond acceptors (Lipinski definition) is 5. The number of aromatic nitrogens is 1. The van der Waals surface area contributed by atoms with Crippen molar-refractivity contribution in [2.75, 3.05) is 5.43 Å². The van der Waals surface area contributed by atoms with Crippen LogP contribution < -0.4 is 5.43 Å². The van der Waals surface area contributed by atoms with Crippen molar-refractivity contribution in [1.82, 2.24) is 5.16 Å². The van der Waals surface area contributed by atoms with Gasteiger partial charge in [0.15, 0.2) is 11.5 Å². The maximum Gasteiger partial charge on any atom is 0.179 e. The Kier molecular flexibility index (Phi) is 5.97. The molecule has 0 fully saturated rings. The topological polar surface area (TPSA) is 67.5 Å². The Hall–Kier alpha value is -3.61. The molecule has 0 radical (unpaired) electrons. The van der Waals surface area contributed by atoms with Gasteiger partial charge >= 0.3 is 0 Å². The number of hydrogen-bond donors (Lipinski definition) is 1. The number of hydrazone groups is 1. The minimum Gasteiger partial charge on any atom is -0.355 e. The van der Waals surface area contributed by atoms with E-state index in [2.05, 4.69) is 15.7 Å². The fourth-order valence-corrected chi connectivity index (χ4v) is 2.90. The molecule has 0 aliphatic carbocycles. The highest BCUT2D eigenvalue weighted by atomic mass is 19.1. The van der Waals surface area contributed by atoms with Crippen molar-refractivity contribution in [3.8, 4) is 11.3 Å². The van der Waals surface area contributed by atoms with Gasteiger partial charge in [0.05, 0.1) is 17.5 Å². The van der Waals surface area contributed by atoms with E-state index >= 15 is 0 Å². The van der Waals surface area contributed by atoms with E-state index in [0.29, 0.717) is 11.1 Å². The van der Waals surface area contributed by atoms with Gasteiger partial charge in [-0.3, -0.25) is 10.2 Å². The van der Waals surface area contributed by atoms with Crippen LogP contribution in [0, 0.1) is 18.6 Å². The Labute approximate surface area is 166 Å². The molecule has 1 heterocycles. The van der Waals surface area contributed by atoms with Crippen LogP contribution >= 0.6 is 0 Å². The lowest BCUT2D eigenvalue weighted by Gasteiger charge is -2.06. The third kappa shape index (κ3) is 4.13. The van der Waals surface area contributed by atoms with Crippen molar-refractivity contribution in [3.05, 3.63) is 77.1 Å². The SMILES string of the molecule is C/C=C(\C=N/Nc1ccccc1F)c1onc(-c2c(C)cccc2F)c1C(C)=O. The lowest BCUT2D eigenvalue weighted by atomic mass is 9.97. The van der Waals surface area contributed by atoms with Crippen molar-refractivity contribution in [2.45, 2.75) is 20.8 Å². The molecule has 0 aliphatic heterocycles. The minimum atomic E-state index is -0.496. The van der Waals surface area contributed by atoms with Gasteiger partial charge in [0.25, 0.3) is 0 Å². The lowest BCUT2D eigenvalue weighted by Crippen LogP contribution is -2.01. The molecule has 0 saturated carbocycles. The number of rotatable bonds is 6. The molecular weight excluding hydrogens is 376 g/mol. The Bertz CT molecular complexity index is 1100. The lowest BCUT2D eigenvalue weighted by molar-refractivity contribution is 0.101. The summed E-state index contributed by atoms with van der Waals surface area (Å²) in [6.07, 6.45) is 3.05. The zero-order valence-corrected chi connectivity index (χ0v) is 16.2. The highest BCUT2D eigenvalue weighted by Crippen LogP contribution is 2.33. The van der Waals surface area contributed by atoms with Crippen LogP contribution in [0.15, 0.2) is 58.2 Å². The summed E-state index contributed by atoms with van der Waals surface area (Å²) in [7, 11) is 0. The second-order valence-corrected chi connectivity index (χ2v) is 6.32. The smallest absolute Gasteiger partial charge is 0.179 e. The molecule has 7 heteroatoms. The van der Waals surface area contributed by atoms with Crippen LogP contribution in [0.4, 0.5) is 14.5 Å². The first-order chi connectivity index (χ1) is 13.9. The van der Waals surface area contributed by atoms with E-state index in [4.69, 9.17) is 4.52 Å². The van der Waals surface area contributed by atoms with Gasteiger partial charge in [-0.05, 0) is 44.5 Å². The quantitative estimate of drug-likeness (QED) is 0.334. The molecular formula is C22H19F2N3O2. The summed E-state index contributed by atoms with van der Waals surface area (Å²) < 4.78 is 33.5. The fraction of sp³-hybridized carbons (Fsp3) is 0.136. The largest absolute Gasteiger partial charge is 0.355 e. The fourth-order valence-electron chi connectivity index (χ4n) is 2.90. The molecule has 29 heavy (non-hydrogen) atoms. The van der Waals surface area contributed by atoms with Gasteiger partial charge in [-0.2, -0.15) is 5.10 Å². The van der Waals surface area contributed by atoms with Crippen molar-refractivity contribution < 1.29 is 18.1 Å². The maximum atomic E-state index is 14.4. The zero-order valence-electron chi connectivity index (χ0n) is 16.2. The van der Waals surface area contributed by atoms with Crippen LogP contribution in [0.2, 0.25) is 0 Å². The summed E-state index contributed by atoms with van der Waals surface area (Å²) in [6.45, 7) is 4.82. The number of allylic oxidation sites excluding steroid dienone is 2. The Balaban J connectivity index is 1.99. The second-order valence-electron chi connectivity index (χ2n) is 6.32. The van der Waals surface area contributed by atoms with Crippen LogP contribution in [0.1, 0.15) is 35.5 Å². The molecule has 3 aromatic rings. The average molecular weight is 395 g/mol. The first kappa shape index (κ1) is 20.1. The average Bonchev–Trinajstić information content (AvgIpc) is 3.11. The molecule has 0 bridgehead atoms. The molecule has 0 amide bonds. The number of Topliss-reactive ketones (excluding diaryl/α,β-unsaturated/α-hetero) is 1. The summed E-state index contributed by atoms with van der Waals surface area (Å²) in [5.41, 5.74) is 4.37. The van der Waals surface area contributed by atoms with Gasteiger partial charge in [0.1, 0.15) is 17.3 Å². The van der Waals surface area contributed by atoms with Crippen LogP contribution in [0.5, 0.6) is 0 Å². The third-order valence-corrected chi connectivity index (χ3v) is 4.34. The van der Waals surface area contributed by atoms with Crippen LogP contribution in [0.3, 0.4) is 0 Å². The van der Waals surface area contributed by atoms with Gasteiger partial charge in [-0.15, -0.1) is 0 Å². The van der Waals surface area contributed by atoms with Crippen LogP contribution in [-0.2, 0) is 0 Å². The molecule has 1 aromatic heterocycles. The number of carbonyl (C=O) groups excluding carboxylic acids is 1. The van der Waals surface area contributed by atoms with Crippen molar-refractivity contribution >= 4 is 23.3 Å². The number of para-hydroxylation sites is 1. The number of halogens is 2. The summed E-state index contributed by atoms with van der Waals surface area (Å²) in [5.74, 6) is -1.11. The molecule has 148 valence electrons. The van der Waals surface area contributed by atoms with E-state index in [1.807, 2.05) is 0 Å². The second kappa shape index (κ2) is 8.60. The molecule has 0 aliphatic rings. The standard InChI is InChI=1S/C22H19F2N3O2/c1-4-15(12-25-26-18-11-6-5-9-16(18)23)22-20(14(3)28)21(27-29-22)19-13(2)8-7-10-17(19)24/h4-12,26H,1-3H3/b15-4+,25-12-. The number of ketones is 1. The highest BCUT2D eigenvalue weighted by molar-refractivity contribution is 6.14. The van der Waals surface area contributed by atoms with E-state index in [-0.39, 0.29) is 34.1 Å². The number of aryl methyl sites for hydroxylation is 1. The van der Waals surface area contributed by atoms with Gasteiger partial charge in [0.2, 0.25) is 0 Å². The normalized spacial score (nSPS) is 11.8. The Morgan fingerprint density at radius 2 is 1.86 bits per heavy atom. The van der Waals surface area contributed by atoms with Gasteiger partial charge in [-0.25, -0.2) is 8.78 Å². The molecule has 3 rings (SSSR count). The first-order valence-electron chi connectivity index (χ1n) is 8.90. The van der Waals surface area contributed by atoms with Crippen LogP contribution in [-0.4, -0.2) is 17.2 Å². The van der Waals surface area contributed by atoms with Gasteiger partial charge < -0.3 is 4.52 Å². The van der Waals surface area contributed by atoms with Crippen molar-refractivity contribution in [1.29, 1.82) is 0 Å². The summed E-state index contributed by atoms with van der Waals surface area (Å²) in [6, 6.07) is 10.7. The molecule has 0 unspecified atom stereocenters. The monoisotopic (exact) mass is 395 g/mol. The molecule has 1 N–H and O–H groups in total. The highest BCUT2D eigenvalue weighted by Gasteiger charge is 2.25. The number of benzene rings is 2. The molecule has 0 spiro atoms. The van der Waals surface area contributed by atoms with E-state index < -0.39 is 11.6 Å². The van der Waals surface area contributed by atoms with Gasteiger partial charge in [0, 0.05) is 11.1 Å². The first-order valence-corrected chi connectivity index (χ1v) is 8.90. The molecule has 0 saturated heterocycles. The van der Waals surface area contributed by atoms with E-state index in [0.717, 1.165) is 0 Å². The number of nitrogens with zero attached hydrogens (tertiary/aromatic N) is 2. The summed E-state index contributed by atoms with van der Waals surface area (Å²) in [5, 5.41) is 7.97. The van der Waals surface area contributed by atoms with Crippen LogP contribution in [0.25, 0.3) is 16.8 Å². The maximum absolute atomic E-state index is 14.4. The molecule has 2 aromatic carbocycles. The van der Waals surface area contributed by atoms with E-state index in [1.165, 1.54) is 31.3 Å². The Morgan fingerprint density at radius 3 is 2.52 bits per heavy atom. The Morgan fingerprint density at radius 1 is 1.14 bits per heavy atom. The van der Waals surface area contributed by atoms with E-state index in [9.17, 15) is 13.6 Å². The molecule has 5 nitrogen and oxygen atoms in total. The number of carbonyl (C=O) groups is 1. The zero-order chi connectivity index (χ0) is 21.0. The summed E-state index contributed by atoms with van der Waals surface area (Å²) >= 11 is 0.